The number of thioether (sulfide) groups is 1. The molecule has 15 heavy (non-hydrogen) atoms. The lowest BCUT2D eigenvalue weighted by molar-refractivity contribution is -0.120. The quantitative estimate of drug-likeness (QED) is 0.615. The summed E-state index contributed by atoms with van der Waals surface area (Å²) in [7, 11) is 0. The van der Waals surface area contributed by atoms with Gasteiger partial charge in [0.25, 0.3) is 0 Å². The molecule has 0 bridgehead atoms. The first-order chi connectivity index (χ1) is 7.07. The molecule has 0 spiro atoms. The van der Waals surface area contributed by atoms with Gasteiger partial charge in [-0.1, -0.05) is 6.92 Å². The van der Waals surface area contributed by atoms with Gasteiger partial charge in [-0.15, -0.1) is 0 Å². The van der Waals surface area contributed by atoms with Crippen molar-refractivity contribution in [2.45, 2.75) is 45.6 Å². The van der Waals surface area contributed by atoms with E-state index in [9.17, 15) is 9.59 Å². The number of ketones is 2. The van der Waals surface area contributed by atoms with Crippen LogP contribution in [-0.4, -0.2) is 29.1 Å². The van der Waals surface area contributed by atoms with E-state index in [-0.39, 0.29) is 17.6 Å². The van der Waals surface area contributed by atoms with Crippen LogP contribution in [0.3, 0.4) is 0 Å². The van der Waals surface area contributed by atoms with Crippen molar-refractivity contribution >= 4 is 23.3 Å². The molecule has 0 aliphatic rings. The third kappa shape index (κ3) is 8.63. The van der Waals surface area contributed by atoms with Crippen LogP contribution in [0.4, 0.5) is 0 Å². The molecular formula is C11H21NO2S. The highest BCUT2D eigenvalue weighted by Crippen LogP contribution is 2.07. The van der Waals surface area contributed by atoms with Gasteiger partial charge in [0.15, 0.2) is 0 Å². The fourth-order valence-corrected chi connectivity index (χ4v) is 2.02. The number of carbonyl (C=O) groups is 2. The lowest BCUT2D eigenvalue weighted by atomic mass is 10.1. The standard InChI is InChI=1S/C11H21NO2S/c1-3-5-11(14)10(12)6-4-7-15-8-9(2)13/h10H,3-8,12H2,1-2H3. The molecule has 0 radical (unpaired) electrons. The van der Waals surface area contributed by atoms with E-state index in [1.54, 1.807) is 18.7 Å². The van der Waals surface area contributed by atoms with Crippen LogP contribution in [0.5, 0.6) is 0 Å². The summed E-state index contributed by atoms with van der Waals surface area (Å²) in [6.45, 7) is 3.57. The first-order valence-corrected chi connectivity index (χ1v) is 6.58. The number of hydrogen-bond donors (Lipinski definition) is 1. The van der Waals surface area contributed by atoms with E-state index >= 15 is 0 Å². The van der Waals surface area contributed by atoms with Crippen molar-refractivity contribution in [1.82, 2.24) is 0 Å². The Morgan fingerprint density at radius 2 is 2.07 bits per heavy atom. The first kappa shape index (κ1) is 14.6. The monoisotopic (exact) mass is 231 g/mol. The van der Waals surface area contributed by atoms with Gasteiger partial charge >= 0.3 is 0 Å². The van der Waals surface area contributed by atoms with Gasteiger partial charge in [-0.05, 0) is 31.9 Å². The highest BCUT2D eigenvalue weighted by Gasteiger charge is 2.11. The predicted molar refractivity (Wildman–Crippen MR) is 65.1 cm³/mol. The lowest BCUT2D eigenvalue weighted by Gasteiger charge is -2.09. The minimum absolute atomic E-state index is 0.161. The summed E-state index contributed by atoms with van der Waals surface area (Å²) in [6.07, 6.45) is 3.10. The molecule has 1 atom stereocenters. The van der Waals surface area contributed by atoms with E-state index in [0.29, 0.717) is 12.2 Å². The third-order valence-corrected chi connectivity index (χ3v) is 3.21. The van der Waals surface area contributed by atoms with Gasteiger partial charge < -0.3 is 5.73 Å². The summed E-state index contributed by atoms with van der Waals surface area (Å²) in [5.41, 5.74) is 5.72. The maximum atomic E-state index is 11.3. The number of rotatable bonds is 9. The molecule has 3 nitrogen and oxygen atoms in total. The fourth-order valence-electron chi connectivity index (χ4n) is 1.21. The molecular weight excluding hydrogens is 210 g/mol. The van der Waals surface area contributed by atoms with Crippen molar-refractivity contribution in [2.24, 2.45) is 5.73 Å². The summed E-state index contributed by atoms with van der Waals surface area (Å²) in [6, 6.07) is -0.303. The summed E-state index contributed by atoms with van der Waals surface area (Å²) >= 11 is 1.61. The highest BCUT2D eigenvalue weighted by molar-refractivity contribution is 7.99. The Labute approximate surface area is 96.2 Å². The van der Waals surface area contributed by atoms with Crippen LogP contribution in [0.25, 0.3) is 0 Å². The van der Waals surface area contributed by atoms with E-state index in [0.717, 1.165) is 25.0 Å². The van der Waals surface area contributed by atoms with Crippen molar-refractivity contribution < 1.29 is 9.59 Å². The second-order valence-corrected chi connectivity index (χ2v) is 4.82. The first-order valence-electron chi connectivity index (χ1n) is 5.43. The molecule has 0 heterocycles. The molecule has 0 aromatic carbocycles. The molecule has 0 amide bonds. The normalized spacial score (nSPS) is 12.5. The van der Waals surface area contributed by atoms with Gasteiger partial charge in [-0.3, -0.25) is 9.59 Å². The third-order valence-electron chi connectivity index (χ3n) is 2.02. The van der Waals surface area contributed by atoms with Crippen LogP contribution in [0.15, 0.2) is 0 Å². The van der Waals surface area contributed by atoms with Crippen molar-refractivity contribution in [3.63, 3.8) is 0 Å². The summed E-state index contributed by atoms with van der Waals surface area (Å²) in [4.78, 5) is 22.0. The van der Waals surface area contributed by atoms with E-state index in [4.69, 9.17) is 5.73 Å². The van der Waals surface area contributed by atoms with Gasteiger partial charge in [0.2, 0.25) is 0 Å². The Hall–Kier alpha value is -0.350. The maximum Gasteiger partial charge on any atom is 0.149 e. The largest absolute Gasteiger partial charge is 0.322 e. The maximum absolute atomic E-state index is 11.3. The van der Waals surface area contributed by atoms with Gasteiger partial charge in [0, 0.05) is 6.42 Å². The Bertz CT molecular complexity index is 207. The number of nitrogens with two attached hydrogens (primary N) is 1. The van der Waals surface area contributed by atoms with Gasteiger partial charge in [-0.2, -0.15) is 11.8 Å². The zero-order valence-electron chi connectivity index (χ0n) is 9.62. The minimum atomic E-state index is -0.303. The van der Waals surface area contributed by atoms with Crippen LogP contribution >= 0.6 is 11.8 Å². The molecule has 0 fully saturated rings. The Balaban J connectivity index is 3.42. The number of Topliss-reactive ketones (excluding diaryl/α,β-unsaturated/α-hetero) is 2. The summed E-state index contributed by atoms with van der Waals surface area (Å²) in [5, 5.41) is 0. The Morgan fingerprint density at radius 3 is 2.60 bits per heavy atom. The van der Waals surface area contributed by atoms with E-state index in [1.807, 2.05) is 6.92 Å². The molecule has 0 aliphatic heterocycles. The Kier molecular flexibility index (Phi) is 8.71. The van der Waals surface area contributed by atoms with Crippen molar-refractivity contribution in [2.75, 3.05) is 11.5 Å². The van der Waals surface area contributed by atoms with Crippen LogP contribution in [0, 0.1) is 0 Å². The Morgan fingerprint density at radius 1 is 1.40 bits per heavy atom. The summed E-state index contributed by atoms with van der Waals surface area (Å²) in [5.74, 6) is 1.84. The van der Waals surface area contributed by atoms with Crippen molar-refractivity contribution in [3.8, 4) is 0 Å². The highest BCUT2D eigenvalue weighted by atomic mass is 32.2. The molecule has 88 valence electrons. The molecule has 0 saturated heterocycles. The van der Waals surface area contributed by atoms with Crippen LogP contribution in [0.1, 0.15) is 39.5 Å². The topological polar surface area (TPSA) is 60.2 Å². The summed E-state index contributed by atoms with van der Waals surface area (Å²) < 4.78 is 0. The van der Waals surface area contributed by atoms with Crippen molar-refractivity contribution in [1.29, 1.82) is 0 Å². The smallest absolute Gasteiger partial charge is 0.149 e. The molecule has 0 saturated carbocycles. The number of carbonyl (C=O) groups excluding carboxylic acids is 2. The zero-order valence-corrected chi connectivity index (χ0v) is 10.4. The molecule has 2 N–H and O–H groups in total. The van der Waals surface area contributed by atoms with Gasteiger partial charge in [0.1, 0.15) is 11.6 Å². The molecule has 0 rings (SSSR count). The average molecular weight is 231 g/mol. The molecule has 0 aromatic heterocycles. The molecule has 1 unspecified atom stereocenters. The van der Waals surface area contributed by atoms with E-state index in [2.05, 4.69) is 0 Å². The molecule has 0 aliphatic carbocycles. The minimum Gasteiger partial charge on any atom is -0.322 e. The predicted octanol–water partition coefficient (Wildman–Crippen LogP) is 1.79. The van der Waals surface area contributed by atoms with Gasteiger partial charge in [0.05, 0.1) is 11.8 Å². The zero-order chi connectivity index (χ0) is 11.7. The molecule has 0 aromatic rings. The lowest BCUT2D eigenvalue weighted by Crippen LogP contribution is -2.30. The fraction of sp³-hybridized carbons (Fsp3) is 0.818. The molecule has 4 heteroatoms. The SMILES string of the molecule is CCCC(=O)C(N)CCCSCC(C)=O. The average Bonchev–Trinajstić information content (AvgIpc) is 2.16. The van der Waals surface area contributed by atoms with E-state index in [1.165, 1.54) is 0 Å². The second kappa shape index (κ2) is 8.92. The van der Waals surface area contributed by atoms with Crippen molar-refractivity contribution in [3.05, 3.63) is 0 Å². The number of hydrogen-bond acceptors (Lipinski definition) is 4. The van der Waals surface area contributed by atoms with Crippen LogP contribution in [0.2, 0.25) is 0 Å². The van der Waals surface area contributed by atoms with Gasteiger partial charge in [-0.25, -0.2) is 0 Å². The second-order valence-electron chi connectivity index (χ2n) is 3.72. The van der Waals surface area contributed by atoms with Crippen LogP contribution < -0.4 is 5.73 Å². The van der Waals surface area contributed by atoms with Crippen LogP contribution in [-0.2, 0) is 9.59 Å². The van der Waals surface area contributed by atoms with E-state index < -0.39 is 0 Å².